The van der Waals surface area contributed by atoms with Crippen LogP contribution >= 0.6 is 0 Å². The summed E-state index contributed by atoms with van der Waals surface area (Å²) in [6.45, 7) is -0.587. The summed E-state index contributed by atoms with van der Waals surface area (Å²) >= 11 is 0. The molecule has 0 heterocycles. The number of methoxy groups -OCH3 is 2. The Balaban J connectivity index is 1.75. The number of esters is 1. The fourth-order valence-electron chi connectivity index (χ4n) is 3.08. The molecule has 0 saturated heterocycles. The number of nitrogens with one attached hydrogen (secondary N) is 1. The van der Waals surface area contributed by atoms with Gasteiger partial charge in [-0.1, -0.05) is 60.7 Å². The maximum atomic E-state index is 12.9. The van der Waals surface area contributed by atoms with Gasteiger partial charge >= 0.3 is 5.97 Å². The first-order valence-electron chi connectivity index (χ1n) is 9.51. The monoisotopic (exact) mass is 421 g/mol. The van der Waals surface area contributed by atoms with Gasteiger partial charge in [0.15, 0.2) is 6.61 Å². The summed E-state index contributed by atoms with van der Waals surface area (Å²) in [6, 6.07) is 21.8. The van der Waals surface area contributed by atoms with E-state index in [1.807, 2.05) is 0 Å². The Morgan fingerprint density at radius 2 is 1.45 bits per heavy atom. The van der Waals surface area contributed by atoms with Crippen molar-refractivity contribution in [2.45, 2.75) is 5.60 Å². The molecule has 0 bridgehead atoms. The number of aliphatic hydroxyl groups is 1. The molecule has 0 unspecified atom stereocenters. The molecule has 3 aromatic carbocycles. The second-order valence-corrected chi connectivity index (χ2v) is 6.63. The largest absolute Gasteiger partial charge is 0.497 e. The minimum Gasteiger partial charge on any atom is -0.497 e. The van der Waals surface area contributed by atoms with Gasteiger partial charge in [0.05, 0.1) is 19.9 Å². The van der Waals surface area contributed by atoms with Gasteiger partial charge in [-0.05, 0) is 23.3 Å². The van der Waals surface area contributed by atoms with Crippen LogP contribution in [0, 0.1) is 0 Å². The van der Waals surface area contributed by atoms with Gasteiger partial charge in [0.1, 0.15) is 11.5 Å². The normalized spacial score (nSPS) is 10.8. The highest BCUT2D eigenvalue weighted by atomic mass is 16.6. The number of carbonyl (C=O) groups is 2. The number of carbonyl (C=O) groups excluding carboxylic acids is 2. The highest BCUT2D eigenvalue weighted by Gasteiger charge is 2.41. The van der Waals surface area contributed by atoms with Crippen LogP contribution in [0.5, 0.6) is 11.5 Å². The molecule has 160 valence electrons. The van der Waals surface area contributed by atoms with Crippen LogP contribution in [-0.4, -0.2) is 37.8 Å². The standard InChI is InChI=1S/C24H23NO6/c1-29-19-13-14-20(21(15-19)30-2)25-22(26)16-31-23(27)24(28,17-9-5-3-6-10-17)18-11-7-4-8-12-18/h3-15,28H,16H2,1-2H3,(H,25,26). The van der Waals surface area contributed by atoms with Crippen LogP contribution in [-0.2, 0) is 19.9 Å². The number of benzene rings is 3. The summed E-state index contributed by atoms with van der Waals surface area (Å²) in [5.41, 5.74) is -0.988. The van der Waals surface area contributed by atoms with Gasteiger partial charge < -0.3 is 24.6 Å². The van der Waals surface area contributed by atoms with Crippen molar-refractivity contribution in [1.82, 2.24) is 0 Å². The first-order chi connectivity index (χ1) is 15.0. The van der Waals surface area contributed by atoms with E-state index >= 15 is 0 Å². The van der Waals surface area contributed by atoms with Crippen LogP contribution in [0.1, 0.15) is 11.1 Å². The van der Waals surface area contributed by atoms with Crippen molar-refractivity contribution < 1.29 is 28.9 Å². The van der Waals surface area contributed by atoms with Crippen LogP contribution in [0.25, 0.3) is 0 Å². The molecule has 2 N–H and O–H groups in total. The van der Waals surface area contributed by atoms with Crippen molar-refractivity contribution in [2.75, 3.05) is 26.1 Å². The van der Waals surface area contributed by atoms with Gasteiger partial charge in [0.25, 0.3) is 5.91 Å². The summed E-state index contributed by atoms with van der Waals surface area (Å²) in [7, 11) is 2.98. The van der Waals surface area contributed by atoms with Crippen molar-refractivity contribution in [1.29, 1.82) is 0 Å². The average Bonchev–Trinajstić information content (AvgIpc) is 2.83. The minimum absolute atomic E-state index is 0.337. The lowest BCUT2D eigenvalue weighted by Gasteiger charge is -2.27. The fraction of sp³-hybridized carbons (Fsp3) is 0.167. The third kappa shape index (κ3) is 4.84. The lowest BCUT2D eigenvalue weighted by atomic mass is 9.86. The van der Waals surface area contributed by atoms with Gasteiger partial charge in [-0.15, -0.1) is 0 Å². The molecule has 0 aliphatic rings. The first-order valence-corrected chi connectivity index (χ1v) is 9.51. The highest BCUT2D eigenvalue weighted by molar-refractivity contribution is 5.95. The second-order valence-electron chi connectivity index (χ2n) is 6.63. The van der Waals surface area contributed by atoms with Crippen molar-refractivity contribution in [2.24, 2.45) is 0 Å². The highest BCUT2D eigenvalue weighted by Crippen LogP contribution is 2.31. The molecule has 0 radical (unpaired) electrons. The van der Waals surface area contributed by atoms with Crippen molar-refractivity contribution in [3.05, 3.63) is 90.0 Å². The molecule has 1 amide bonds. The van der Waals surface area contributed by atoms with Crippen LogP contribution < -0.4 is 14.8 Å². The van der Waals surface area contributed by atoms with Crippen LogP contribution in [0.15, 0.2) is 78.9 Å². The molecule has 0 aliphatic carbocycles. The number of ether oxygens (including phenoxy) is 3. The number of rotatable bonds is 8. The quantitative estimate of drug-likeness (QED) is 0.543. The predicted octanol–water partition coefficient (Wildman–Crippen LogP) is 3.12. The maximum absolute atomic E-state index is 12.9. The molecule has 0 saturated carbocycles. The summed E-state index contributed by atoms with van der Waals surface area (Å²) in [4.78, 5) is 25.3. The zero-order valence-electron chi connectivity index (χ0n) is 17.2. The molecular formula is C24H23NO6. The van der Waals surface area contributed by atoms with E-state index in [1.165, 1.54) is 14.2 Å². The van der Waals surface area contributed by atoms with Gasteiger partial charge in [-0.2, -0.15) is 0 Å². The van der Waals surface area contributed by atoms with E-state index in [0.717, 1.165) is 0 Å². The average molecular weight is 421 g/mol. The molecule has 7 nitrogen and oxygen atoms in total. The third-order valence-electron chi connectivity index (χ3n) is 4.70. The van der Waals surface area contributed by atoms with Crippen molar-refractivity contribution in [3.8, 4) is 11.5 Å². The zero-order valence-corrected chi connectivity index (χ0v) is 17.2. The third-order valence-corrected chi connectivity index (χ3v) is 4.70. The maximum Gasteiger partial charge on any atom is 0.348 e. The van der Waals surface area contributed by atoms with E-state index in [2.05, 4.69) is 5.32 Å². The van der Waals surface area contributed by atoms with E-state index in [1.54, 1.807) is 78.9 Å². The van der Waals surface area contributed by atoms with E-state index in [9.17, 15) is 14.7 Å². The van der Waals surface area contributed by atoms with Gasteiger partial charge in [0.2, 0.25) is 5.60 Å². The Morgan fingerprint density at radius 3 is 1.97 bits per heavy atom. The molecule has 7 heteroatoms. The lowest BCUT2D eigenvalue weighted by Crippen LogP contribution is -2.39. The number of anilines is 1. The molecule has 31 heavy (non-hydrogen) atoms. The van der Waals surface area contributed by atoms with E-state index in [-0.39, 0.29) is 0 Å². The molecule has 0 atom stereocenters. The van der Waals surface area contributed by atoms with E-state index in [4.69, 9.17) is 14.2 Å². The van der Waals surface area contributed by atoms with Gasteiger partial charge in [-0.25, -0.2) is 4.79 Å². The molecule has 3 aromatic rings. The number of hydrogen-bond acceptors (Lipinski definition) is 6. The summed E-state index contributed by atoms with van der Waals surface area (Å²) in [5, 5.41) is 13.9. The molecule has 0 aromatic heterocycles. The molecule has 0 fully saturated rings. The van der Waals surface area contributed by atoms with Crippen molar-refractivity contribution in [3.63, 3.8) is 0 Å². The molecule has 3 rings (SSSR count). The Kier molecular flexibility index (Phi) is 6.89. The van der Waals surface area contributed by atoms with Crippen molar-refractivity contribution >= 4 is 17.6 Å². The summed E-state index contributed by atoms with van der Waals surface area (Å²) in [5.74, 6) is -0.580. The number of hydrogen-bond donors (Lipinski definition) is 2. The molecule has 0 spiro atoms. The minimum atomic E-state index is -2.05. The predicted molar refractivity (Wildman–Crippen MR) is 115 cm³/mol. The lowest BCUT2D eigenvalue weighted by molar-refractivity contribution is -0.163. The smallest absolute Gasteiger partial charge is 0.348 e. The second kappa shape index (κ2) is 9.77. The Hall–Kier alpha value is -3.84. The van der Waals surface area contributed by atoms with Crippen LogP contribution in [0.4, 0.5) is 5.69 Å². The molecule has 0 aliphatic heterocycles. The van der Waals surface area contributed by atoms with E-state index in [0.29, 0.717) is 28.3 Å². The molecular weight excluding hydrogens is 398 g/mol. The summed E-state index contributed by atoms with van der Waals surface area (Å²) < 4.78 is 15.6. The fourth-order valence-corrected chi connectivity index (χ4v) is 3.08. The Bertz CT molecular complexity index is 997. The van der Waals surface area contributed by atoms with Crippen LogP contribution in [0.3, 0.4) is 0 Å². The summed E-state index contributed by atoms with van der Waals surface area (Å²) in [6.07, 6.45) is 0. The first kappa shape index (κ1) is 21.9. The SMILES string of the molecule is COc1ccc(NC(=O)COC(=O)C(O)(c2ccccc2)c2ccccc2)c(OC)c1. The topological polar surface area (TPSA) is 94.1 Å². The van der Waals surface area contributed by atoms with Gasteiger partial charge in [-0.3, -0.25) is 4.79 Å². The van der Waals surface area contributed by atoms with E-state index < -0.39 is 24.1 Å². The Labute approximate surface area is 180 Å². The Morgan fingerprint density at radius 1 is 0.871 bits per heavy atom. The van der Waals surface area contributed by atoms with Gasteiger partial charge in [0, 0.05) is 6.07 Å². The van der Waals surface area contributed by atoms with Crippen LogP contribution in [0.2, 0.25) is 0 Å². The zero-order chi connectivity index (χ0) is 22.3. The number of amides is 1.